The standard InChI is InChI=1S/C18H26N2O5/c1-19-16(21)11-18(13-23-2)12-20(7-8-25-18)17(22)10-14-5-4-6-15(9-14)24-3/h4-6,9H,7-8,10-13H2,1-3H3,(H,19,21). The van der Waals surface area contributed by atoms with E-state index in [0.717, 1.165) is 11.3 Å². The summed E-state index contributed by atoms with van der Waals surface area (Å²) in [5.74, 6) is 0.578. The lowest BCUT2D eigenvalue weighted by molar-refractivity contribution is -0.166. The molecule has 0 aromatic heterocycles. The molecular formula is C18H26N2O5. The van der Waals surface area contributed by atoms with Gasteiger partial charge in [-0.2, -0.15) is 0 Å². The number of carbonyl (C=O) groups excluding carboxylic acids is 2. The van der Waals surface area contributed by atoms with Gasteiger partial charge in [0.2, 0.25) is 11.8 Å². The van der Waals surface area contributed by atoms with Crippen LogP contribution < -0.4 is 10.1 Å². The summed E-state index contributed by atoms with van der Waals surface area (Å²) >= 11 is 0. The topological polar surface area (TPSA) is 77.1 Å². The lowest BCUT2D eigenvalue weighted by Crippen LogP contribution is -2.57. The summed E-state index contributed by atoms with van der Waals surface area (Å²) in [6.07, 6.45) is 0.431. The van der Waals surface area contributed by atoms with Crippen molar-refractivity contribution in [3.05, 3.63) is 29.8 Å². The first kappa shape index (κ1) is 19.2. The number of hydrogen-bond donors (Lipinski definition) is 1. The van der Waals surface area contributed by atoms with Crippen molar-refractivity contribution in [2.45, 2.75) is 18.4 Å². The predicted molar refractivity (Wildman–Crippen MR) is 92.5 cm³/mol. The van der Waals surface area contributed by atoms with E-state index in [0.29, 0.717) is 19.7 Å². The van der Waals surface area contributed by atoms with Gasteiger partial charge < -0.3 is 24.4 Å². The van der Waals surface area contributed by atoms with Gasteiger partial charge in [0.15, 0.2) is 0 Å². The molecule has 2 amide bonds. The summed E-state index contributed by atoms with van der Waals surface area (Å²) in [7, 11) is 4.74. The average molecular weight is 350 g/mol. The third-order valence-corrected chi connectivity index (χ3v) is 4.26. The van der Waals surface area contributed by atoms with Gasteiger partial charge in [0.25, 0.3) is 0 Å². The number of rotatable bonds is 7. The average Bonchev–Trinajstić information content (AvgIpc) is 2.62. The molecule has 0 aliphatic carbocycles. The van der Waals surface area contributed by atoms with E-state index in [9.17, 15) is 9.59 Å². The molecule has 1 aromatic rings. The smallest absolute Gasteiger partial charge is 0.227 e. The Balaban J connectivity index is 2.07. The van der Waals surface area contributed by atoms with E-state index in [2.05, 4.69) is 5.32 Å². The molecule has 1 aromatic carbocycles. The van der Waals surface area contributed by atoms with Crippen molar-refractivity contribution in [1.82, 2.24) is 10.2 Å². The molecule has 138 valence electrons. The fraction of sp³-hybridized carbons (Fsp3) is 0.556. The van der Waals surface area contributed by atoms with Crippen molar-refractivity contribution < 1.29 is 23.8 Å². The monoisotopic (exact) mass is 350 g/mol. The third-order valence-electron chi connectivity index (χ3n) is 4.26. The molecule has 7 nitrogen and oxygen atoms in total. The number of nitrogens with zero attached hydrogens (tertiary/aromatic N) is 1. The molecule has 7 heteroatoms. The largest absolute Gasteiger partial charge is 0.497 e. The van der Waals surface area contributed by atoms with Gasteiger partial charge in [0.05, 0.1) is 39.7 Å². The van der Waals surface area contributed by atoms with Gasteiger partial charge in [-0.3, -0.25) is 9.59 Å². The van der Waals surface area contributed by atoms with E-state index in [-0.39, 0.29) is 31.3 Å². The maximum absolute atomic E-state index is 12.7. The summed E-state index contributed by atoms with van der Waals surface area (Å²) < 4.78 is 16.3. The highest BCUT2D eigenvalue weighted by Crippen LogP contribution is 2.24. The van der Waals surface area contributed by atoms with E-state index in [1.165, 1.54) is 0 Å². The number of ether oxygens (including phenoxy) is 3. The Morgan fingerprint density at radius 2 is 2.16 bits per heavy atom. The number of hydrogen-bond acceptors (Lipinski definition) is 5. The quantitative estimate of drug-likeness (QED) is 0.780. The second kappa shape index (κ2) is 8.82. The van der Waals surface area contributed by atoms with E-state index in [1.807, 2.05) is 24.3 Å². The highest BCUT2D eigenvalue weighted by Gasteiger charge is 2.40. The maximum atomic E-state index is 12.7. The Bertz CT molecular complexity index is 603. The Hall–Kier alpha value is -2.12. The maximum Gasteiger partial charge on any atom is 0.227 e. The molecule has 1 atom stereocenters. The van der Waals surface area contributed by atoms with Gasteiger partial charge in [-0.05, 0) is 17.7 Å². The van der Waals surface area contributed by atoms with Gasteiger partial charge in [-0.15, -0.1) is 0 Å². The van der Waals surface area contributed by atoms with Crippen LogP contribution >= 0.6 is 0 Å². The van der Waals surface area contributed by atoms with E-state index in [1.54, 1.807) is 26.2 Å². The Morgan fingerprint density at radius 1 is 1.36 bits per heavy atom. The van der Waals surface area contributed by atoms with Crippen molar-refractivity contribution in [2.75, 3.05) is 47.6 Å². The summed E-state index contributed by atoms with van der Waals surface area (Å²) in [6.45, 7) is 1.46. The molecule has 0 radical (unpaired) electrons. The molecule has 1 aliphatic heterocycles. The van der Waals surface area contributed by atoms with E-state index in [4.69, 9.17) is 14.2 Å². The minimum Gasteiger partial charge on any atom is -0.497 e. The minimum atomic E-state index is -0.808. The predicted octanol–water partition coefficient (Wildman–Crippen LogP) is 0.618. The molecular weight excluding hydrogens is 324 g/mol. The summed E-state index contributed by atoms with van der Waals surface area (Å²) in [5, 5.41) is 2.60. The number of carbonyl (C=O) groups is 2. The van der Waals surface area contributed by atoms with Gasteiger partial charge >= 0.3 is 0 Å². The summed E-state index contributed by atoms with van der Waals surface area (Å²) in [4.78, 5) is 26.3. The highest BCUT2D eigenvalue weighted by atomic mass is 16.5. The van der Waals surface area contributed by atoms with Crippen LogP contribution in [0.2, 0.25) is 0 Å². The molecule has 2 rings (SSSR count). The Kier molecular flexibility index (Phi) is 6.78. The lowest BCUT2D eigenvalue weighted by Gasteiger charge is -2.42. The van der Waals surface area contributed by atoms with Crippen LogP contribution in [0, 0.1) is 0 Å². The molecule has 1 saturated heterocycles. The second-order valence-electron chi connectivity index (χ2n) is 6.16. The lowest BCUT2D eigenvalue weighted by atomic mass is 9.97. The molecule has 1 fully saturated rings. The molecule has 1 N–H and O–H groups in total. The van der Waals surface area contributed by atoms with Crippen LogP contribution in [0.1, 0.15) is 12.0 Å². The molecule has 25 heavy (non-hydrogen) atoms. The summed E-state index contributed by atoms with van der Waals surface area (Å²) in [5.41, 5.74) is 0.0800. The van der Waals surface area contributed by atoms with Gasteiger partial charge in [-0.1, -0.05) is 12.1 Å². The minimum absolute atomic E-state index is 0.00561. The number of amides is 2. The van der Waals surface area contributed by atoms with Gasteiger partial charge in [0.1, 0.15) is 11.4 Å². The second-order valence-corrected chi connectivity index (χ2v) is 6.16. The molecule has 0 spiro atoms. The molecule has 1 unspecified atom stereocenters. The first-order chi connectivity index (χ1) is 12.0. The Labute approximate surface area is 148 Å². The zero-order valence-corrected chi connectivity index (χ0v) is 15.0. The fourth-order valence-corrected chi connectivity index (χ4v) is 3.02. The first-order valence-corrected chi connectivity index (χ1v) is 8.26. The van der Waals surface area contributed by atoms with Crippen LogP contribution in [0.15, 0.2) is 24.3 Å². The normalized spacial score (nSPS) is 20.2. The van der Waals surface area contributed by atoms with Crippen LogP contribution in [0.5, 0.6) is 5.75 Å². The molecule has 0 bridgehead atoms. The van der Waals surface area contributed by atoms with Gasteiger partial charge in [0, 0.05) is 20.7 Å². The number of morpholine rings is 1. The molecule has 1 aliphatic rings. The van der Waals surface area contributed by atoms with Crippen molar-refractivity contribution in [3.8, 4) is 5.75 Å². The first-order valence-electron chi connectivity index (χ1n) is 8.26. The summed E-state index contributed by atoms with van der Waals surface area (Å²) in [6, 6.07) is 7.45. The Morgan fingerprint density at radius 3 is 2.84 bits per heavy atom. The zero-order valence-electron chi connectivity index (χ0n) is 15.0. The third kappa shape index (κ3) is 5.17. The number of methoxy groups -OCH3 is 2. The van der Waals surface area contributed by atoms with Gasteiger partial charge in [-0.25, -0.2) is 0 Å². The number of benzene rings is 1. The van der Waals surface area contributed by atoms with Crippen molar-refractivity contribution in [1.29, 1.82) is 0 Å². The van der Waals surface area contributed by atoms with Crippen molar-refractivity contribution >= 4 is 11.8 Å². The zero-order chi connectivity index (χ0) is 18.3. The highest BCUT2D eigenvalue weighted by molar-refractivity contribution is 5.80. The SMILES string of the molecule is CNC(=O)CC1(COC)CN(C(=O)Cc2cccc(OC)c2)CCO1. The van der Waals surface area contributed by atoms with Crippen molar-refractivity contribution in [3.63, 3.8) is 0 Å². The van der Waals surface area contributed by atoms with Crippen LogP contribution in [-0.2, 0) is 25.5 Å². The fourth-order valence-electron chi connectivity index (χ4n) is 3.02. The number of nitrogens with one attached hydrogen (secondary N) is 1. The molecule has 0 saturated carbocycles. The van der Waals surface area contributed by atoms with Crippen molar-refractivity contribution in [2.24, 2.45) is 0 Å². The van der Waals surface area contributed by atoms with Crippen LogP contribution in [0.3, 0.4) is 0 Å². The van der Waals surface area contributed by atoms with E-state index < -0.39 is 5.60 Å². The molecule has 1 heterocycles. The van der Waals surface area contributed by atoms with Crippen LogP contribution in [0.4, 0.5) is 0 Å². The van der Waals surface area contributed by atoms with E-state index >= 15 is 0 Å². The van der Waals surface area contributed by atoms with Crippen LogP contribution in [-0.4, -0.2) is 69.9 Å². The van der Waals surface area contributed by atoms with Crippen LogP contribution in [0.25, 0.3) is 0 Å².